The summed E-state index contributed by atoms with van der Waals surface area (Å²) in [5.74, 6) is -2.16. The van der Waals surface area contributed by atoms with E-state index in [1.54, 1.807) is 94.8 Å². The summed E-state index contributed by atoms with van der Waals surface area (Å²) in [6, 6.07) is 26.0. The van der Waals surface area contributed by atoms with Crippen LogP contribution in [0.15, 0.2) is 134 Å². The molecule has 18 heteroatoms. The number of pyridine rings is 2. The third-order valence-corrected chi connectivity index (χ3v) is 11.4. The number of aliphatic hydroxyl groups is 1. The quantitative estimate of drug-likeness (QED) is 0.0914. The van der Waals surface area contributed by atoms with E-state index in [1.807, 2.05) is 12.1 Å². The van der Waals surface area contributed by atoms with Crippen molar-refractivity contribution in [2.75, 3.05) is 14.2 Å². The van der Waals surface area contributed by atoms with Gasteiger partial charge >= 0.3 is 5.97 Å². The number of nitrogens with one attached hydrogen (secondary N) is 2. The van der Waals surface area contributed by atoms with Gasteiger partial charge in [0.15, 0.2) is 0 Å². The lowest BCUT2D eigenvalue weighted by molar-refractivity contribution is 0.0600. The molecule has 2 fully saturated rings. The molecular formula is C48H44F2N10O6. The van der Waals surface area contributed by atoms with Gasteiger partial charge < -0.3 is 32.4 Å². The summed E-state index contributed by atoms with van der Waals surface area (Å²) in [5, 5.41) is 23.2. The second-order valence-corrected chi connectivity index (χ2v) is 15.4. The first kappa shape index (κ1) is 45.8. The Morgan fingerprint density at radius 1 is 0.621 bits per heavy atom. The summed E-state index contributed by atoms with van der Waals surface area (Å²) < 4.78 is 34.6. The number of nitrogens with two attached hydrogens (primary N) is 1. The van der Waals surface area contributed by atoms with Crippen LogP contribution in [0.5, 0.6) is 0 Å². The van der Waals surface area contributed by atoms with Crippen molar-refractivity contribution in [3.05, 3.63) is 179 Å². The zero-order valence-electron chi connectivity index (χ0n) is 35.7. The Bertz CT molecular complexity index is 3090. The van der Waals surface area contributed by atoms with Crippen molar-refractivity contribution in [2.24, 2.45) is 5.73 Å². The average molecular weight is 895 g/mol. The van der Waals surface area contributed by atoms with Gasteiger partial charge in [0.05, 0.1) is 82.1 Å². The highest BCUT2D eigenvalue weighted by molar-refractivity contribution is 6.07. The molecule has 10 rings (SSSR count). The first-order chi connectivity index (χ1) is 31.5. The molecule has 4 heterocycles. The third kappa shape index (κ3) is 9.08. The van der Waals surface area contributed by atoms with Gasteiger partial charge in [-0.15, -0.1) is 0 Å². The zero-order valence-corrected chi connectivity index (χ0v) is 35.7. The van der Waals surface area contributed by atoms with E-state index in [2.05, 4.69) is 30.8 Å². The Balaban J connectivity index is 0.000000187. The fraction of sp³-hybridized carbons (Fsp3) is 0.167. The van der Waals surface area contributed by atoms with Crippen LogP contribution >= 0.6 is 0 Å². The van der Waals surface area contributed by atoms with Crippen molar-refractivity contribution < 1.29 is 37.8 Å². The van der Waals surface area contributed by atoms with Gasteiger partial charge in [-0.3, -0.25) is 24.4 Å². The molecule has 0 unspecified atom stereocenters. The molecule has 0 bridgehead atoms. The molecular weight excluding hydrogens is 851 g/mol. The fourth-order valence-electron chi connectivity index (χ4n) is 7.64. The maximum Gasteiger partial charge on any atom is 0.337 e. The molecule has 8 N–H and O–H groups in total. The number of aliphatic hydroxyl groups excluding tert-OH is 1. The minimum atomic E-state index is -0.532. The number of benzene rings is 4. The Kier molecular flexibility index (Phi) is 13.1. The Morgan fingerprint density at radius 2 is 1.03 bits per heavy atom. The number of hydrogen-bond acceptors (Lipinski definition) is 11. The van der Waals surface area contributed by atoms with E-state index < -0.39 is 23.0 Å². The van der Waals surface area contributed by atoms with E-state index in [9.17, 15) is 28.0 Å². The van der Waals surface area contributed by atoms with E-state index in [1.165, 1.54) is 43.8 Å². The second-order valence-electron chi connectivity index (χ2n) is 15.4. The van der Waals surface area contributed by atoms with E-state index in [-0.39, 0.29) is 29.6 Å². The molecule has 3 amide bonds. The fourth-order valence-corrected chi connectivity index (χ4v) is 7.64. The summed E-state index contributed by atoms with van der Waals surface area (Å²) in [6.07, 6.45) is 12.5. The Hall–Kier alpha value is -8.22. The molecule has 4 aromatic heterocycles. The number of hydrogen-bond donors (Lipinski definition) is 5. The molecule has 336 valence electrons. The minimum Gasteiger partial charge on any atom is -0.465 e. The number of nitrogens with zero attached hydrogens (tertiary/aromatic N) is 6. The summed E-state index contributed by atoms with van der Waals surface area (Å²) in [5.41, 5.74) is 10.3. The number of rotatable bonds is 10. The largest absolute Gasteiger partial charge is 0.465 e. The van der Waals surface area contributed by atoms with Crippen LogP contribution in [-0.2, 0) is 15.8 Å². The van der Waals surface area contributed by atoms with Gasteiger partial charge in [-0.25, -0.2) is 22.9 Å². The summed E-state index contributed by atoms with van der Waals surface area (Å²) in [4.78, 5) is 58.2. The molecule has 4 aromatic carbocycles. The molecule has 0 saturated heterocycles. The molecule has 0 atom stereocenters. The van der Waals surface area contributed by atoms with Crippen LogP contribution in [0.25, 0.3) is 33.2 Å². The zero-order chi connectivity index (χ0) is 45.9. The van der Waals surface area contributed by atoms with Crippen molar-refractivity contribution in [3.8, 4) is 11.4 Å². The van der Waals surface area contributed by atoms with Gasteiger partial charge in [-0.05, 0) is 110 Å². The first-order valence-electron chi connectivity index (χ1n) is 20.3. The highest BCUT2D eigenvalue weighted by Gasteiger charge is 2.47. The number of ether oxygens (including phenoxy) is 1. The van der Waals surface area contributed by atoms with E-state index >= 15 is 0 Å². The lowest BCUT2D eigenvalue weighted by Gasteiger charge is -2.19. The molecule has 2 aliphatic rings. The molecule has 2 aliphatic carbocycles. The average Bonchev–Trinajstić information content (AvgIpc) is 4.21. The first-order valence-corrected chi connectivity index (χ1v) is 20.3. The molecule has 8 aromatic rings. The second kappa shape index (κ2) is 18.9. The predicted octanol–water partition coefficient (Wildman–Crippen LogP) is 6.61. The van der Waals surface area contributed by atoms with Crippen molar-refractivity contribution in [1.82, 2.24) is 46.3 Å². The highest BCUT2D eigenvalue weighted by Crippen LogP contribution is 2.47. The van der Waals surface area contributed by atoms with Gasteiger partial charge in [0.1, 0.15) is 11.6 Å². The standard InChI is InChI=1S/C24H19FN4O3.C23H18FN5O2.CH4O.H3N/c1-32-23(31)15-3-2-4-16(11-15)24(9-10-24)28-22(30)20-12-26-14-21-19(20)13-27-29(21)18-7-5-17(25)6-8-18;24-16-4-6-17(7-5-16)29-20-13-26-11-19(18(20)12-27-29)22(31)28-23(8-9-23)15-3-1-2-14(10-15)21(25)30;1-2;/h2-8,11-14H,9-10H2,1H3,(H,28,30);1-7,10-13H,8-9H2,(H2,25,30)(H,28,31);2H,1H3;1H3. The number of amides is 3. The number of fused-ring (bicyclic) bond motifs is 2. The van der Waals surface area contributed by atoms with Gasteiger partial charge in [-0.2, -0.15) is 10.2 Å². The molecule has 0 spiro atoms. The summed E-state index contributed by atoms with van der Waals surface area (Å²) in [7, 11) is 2.34. The van der Waals surface area contributed by atoms with E-state index in [4.69, 9.17) is 15.6 Å². The summed E-state index contributed by atoms with van der Waals surface area (Å²) in [6.45, 7) is 0. The van der Waals surface area contributed by atoms with Crippen LogP contribution < -0.4 is 22.5 Å². The number of halogens is 2. The number of aromatic nitrogens is 6. The normalized spacial score (nSPS) is 13.7. The molecule has 0 aliphatic heterocycles. The van der Waals surface area contributed by atoms with Crippen LogP contribution in [0.3, 0.4) is 0 Å². The van der Waals surface area contributed by atoms with E-state index in [0.717, 1.165) is 43.9 Å². The smallest absolute Gasteiger partial charge is 0.337 e. The van der Waals surface area contributed by atoms with Crippen molar-refractivity contribution in [3.63, 3.8) is 0 Å². The van der Waals surface area contributed by atoms with Crippen LogP contribution in [0.2, 0.25) is 0 Å². The topological polar surface area (TPSA) is 244 Å². The van der Waals surface area contributed by atoms with Gasteiger partial charge in [-0.1, -0.05) is 24.3 Å². The Morgan fingerprint density at radius 3 is 1.42 bits per heavy atom. The third-order valence-electron chi connectivity index (χ3n) is 11.4. The highest BCUT2D eigenvalue weighted by atomic mass is 19.1. The number of methoxy groups -OCH3 is 1. The number of carbonyl (C=O) groups excluding carboxylic acids is 4. The lowest BCUT2D eigenvalue weighted by Crippen LogP contribution is -2.35. The molecule has 66 heavy (non-hydrogen) atoms. The van der Waals surface area contributed by atoms with Crippen molar-refractivity contribution in [1.29, 1.82) is 0 Å². The SMILES string of the molecule is CO.COC(=O)c1cccc(C2(NC(=O)c3cncc4c3cnn4-c3ccc(F)cc3)CC2)c1.N.NC(=O)c1cccc(C2(NC(=O)c3cncc4c3cnn4-c3ccc(F)cc3)CC2)c1. The van der Waals surface area contributed by atoms with E-state index in [0.29, 0.717) is 55.4 Å². The van der Waals surface area contributed by atoms with Gasteiger partial charge in [0, 0.05) is 35.8 Å². The van der Waals surface area contributed by atoms with Crippen LogP contribution in [0.4, 0.5) is 8.78 Å². The summed E-state index contributed by atoms with van der Waals surface area (Å²) >= 11 is 0. The lowest BCUT2D eigenvalue weighted by atomic mass is 10.0. The number of carbonyl (C=O) groups is 4. The monoisotopic (exact) mass is 894 g/mol. The molecule has 16 nitrogen and oxygen atoms in total. The Labute approximate surface area is 376 Å². The van der Waals surface area contributed by atoms with Gasteiger partial charge in [0.2, 0.25) is 5.91 Å². The molecule has 0 radical (unpaired) electrons. The van der Waals surface area contributed by atoms with Crippen molar-refractivity contribution in [2.45, 2.75) is 36.8 Å². The molecule has 2 saturated carbocycles. The van der Waals surface area contributed by atoms with Crippen molar-refractivity contribution >= 4 is 45.5 Å². The number of esters is 1. The van der Waals surface area contributed by atoms with Gasteiger partial charge in [0.25, 0.3) is 11.8 Å². The number of primary amides is 1. The van der Waals surface area contributed by atoms with Crippen LogP contribution in [-0.4, -0.2) is 72.5 Å². The maximum atomic E-state index is 13.3. The van der Waals surface area contributed by atoms with Crippen LogP contribution in [0.1, 0.15) is 78.2 Å². The predicted molar refractivity (Wildman–Crippen MR) is 240 cm³/mol. The maximum absolute atomic E-state index is 13.3. The van der Waals surface area contributed by atoms with Crippen LogP contribution in [0, 0.1) is 11.6 Å². The minimum absolute atomic E-state index is 0.